The SMILES string of the molecule is Cc1ccc(SC2CCCC2C(=O)O)c(F)n1. The zero-order chi connectivity index (χ0) is 12.4. The molecule has 0 aromatic carbocycles. The monoisotopic (exact) mass is 255 g/mol. The number of hydrogen-bond donors (Lipinski definition) is 1. The highest BCUT2D eigenvalue weighted by molar-refractivity contribution is 8.00. The molecule has 0 spiro atoms. The van der Waals surface area contributed by atoms with Gasteiger partial charge in [-0.1, -0.05) is 6.42 Å². The van der Waals surface area contributed by atoms with Gasteiger partial charge in [0.15, 0.2) is 0 Å². The molecular weight excluding hydrogens is 241 g/mol. The number of carboxylic acid groups (broad SMARTS) is 1. The molecule has 1 N–H and O–H groups in total. The largest absolute Gasteiger partial charge is 0.481 e. The van der Waals surface area contributed by atoms with Crippen molar-refractivity contribution < 1.29 is 14.3 Å². The number of aromatic nitrogens is 1. The molecule has 0 bridgehead atoms. The van der Waals surface area contributed by atoms with Crippen LogP contribution in [0.3, 0.4) is 0 Å². The van der Waals surface area contributed by atoms with E-state index in [1.807, 2.05) is 0 Å². The summed E-state index contributed by atoms with van der Waals surface area (Å²) in [6.07, 6.45) is 2.42. The Morgan fingerprint density at radius 1 is 1.53 bits per heavy atom. The molecular formula is C12H14FNO2S. The molecule has 2 rings (SSSR count). The van der Waals surface area contributed by atoms with Gasteiger partial charge in [-0.2, -0.15) is 4.39 Å². The van der Waals surface area contributed by atoms with Crippen molar-refractivity contribution in [2.75, 3.05) is 0 Å². The first-order valence-electron chi connectivity index (χ1n) is 5.60. The number of hydrogen-bond acceptors (Lipinski definition) is 3. The van der Waals surface area contributed by atoms with Gasteiger partial charge in [0.1, 0.15) is 0 Å². The summed E-state index contributed by atoms with van der Waals surface area (Å²) in [4.78, 5) is 15.2. The number of aryl methyl sites for hydroxylation is 1. The third-order valence-corrected chi connectivity index (χ3v) is 4.43. The van der Waals surface area contributed by atoms with Crippen molar-refractivity contribution in [3.8, 4) is 0 Å². The number of carboxylic acids is 1. The Morgan fingerprint density at radius 2 is 2.29 bits per heavy atom. The van der Waals surface area contributed by atoms with Gasteiger partial charge in [-0.05, 0) is 31.9 Å². The molecule has 1 aromatic heterocycles. The van der Waals surface area contributed by atoms with Crippen molar-refractivity contribution in [2.45, 2.75) is 36.3 Å². The molecule has 0 radical (unpaired) electrons. The number of nitrogens with zero attached hydrogens (tertiary/aromatic N) is 1. The predicted molar refractivity (Wildman–Crippen MR) is 63.6 cm³/mol. The highest BCUT2D eigenvalue weighted by Crippen LogP contribution is 2.39. The van der Waals surface area contributed by atoms with E-state index in [0.29, 0.717) is 17.0 Å². The average Bonchev–Trinajstić information content (AvgIpc) is 2.70. The Hall–Kier alpha value is -1.10. The van der Waals surface area contributed by atoms with Crippen LogP contribution in [0.15, 0.2) is 17.0 Å². The van der Waals surface area contributed by atoms with Gasteiger partial charge in [-0.25, -0.2) is 4.98 Å². The summed E-state index contributed by atoms with van der Waals surface area (Å²) in [7, 11) is 0. The Bertz CT molecular complexity index is 439. The molecule has 0 aliphatic heterocycles. The molecule has 1 fully saturated rings. The van der Waals surface area contributed by atoms with Crippen molar-refractivity contribution in [3.63, 3.8) is 0 Å². The number of rotatable bonds is 3. The van der Waals surface area contributed by atoms with Crippen molar-refractivity contribution in [2.24, 2.45) is 5.92 Å². The van der Waals surface area contributed by atoms with E-state index in [1.54, 1.807) is 19.1 Å². The smallest absolute Gasteiger partial charge is 0.307 e. The lowest BCUT2D eigenvalue weighted by molar-refractivity contribution is -0.141. The second-order valence-corrected chi connectivity index (χ2v) is 5.55. The van der Waals surface area contributed by atoms with E-state index in [0.717, 1.165) is 12.8 Å². The van der Waals surface area contributed by atoms with E-state index in [1.165, 1.54) is 11.8 Å². The van der Waals surface area contributed by atoms with Crippen LogP contribution in [0, 0.1) is 18.8 Å². The van der Waals surface area contributed by atoms with Gasteiger partial charge in [-0.3, -0.25) is 4.79 Å². The fraction of sp³-hybridized carbons (Fsp3) is 0.500. The van der Waals surface area contributed by atoms with E-state index in [4.69, 9.17) is 5.11 Å². The van der Waals surface area contributed by atoms with Crippen molar-refractivity contribution in [1.29, 1.82) is 0 Å². The first-order valence-corrected chi connectivity index (χ1v) is 6.48. The van der Waals surface area contributed by atoms with Crippen LogP contribution >= 0.6 is 11.8 Å². The minimum atomic E-state index is -0.777. The van der Waals surface area contributed by atoms with Gasteiger partial charge in [0.25, 0.3) is 0 Å². The topological polar surface area (TPSA) is 50.2 Å². The lowest BCUT2D eigenvalue weighted by Gasteiger charge is -2.15. The third-order valence-electron chi connectivity index (χ3n) is 3.00. The van der Waals surface area contributed by atoms with Gasteiger partial charge < -0.3 is 5.11 Å². The highest BCUT2D eigenvalue weighted by atomic mass is 32.2. The van der Waals surface area contributed by atoms with Gasteiger partial charge in [-0.15, -0.1) is 11.8 Å². The minimum Gasteiger partial charge on any atom is -0.481 e. The number of pyridine rings is 1. The molecule has 5 heteroatoms. The number of aliphatic carboxylic acids is 1. The molecule has 1 aliphatic carbocycles. The van der Waals surface area contributed by atoms with E-state index in [9.17, 15) is 9.18 Å². The molecule has 2 unspecified atom stereocenters. The molecule has 0 amide bonds. The van der Waals surface area contributed by atoms with Gasteiger partial charge in [0.2, 0.25) is 5.95 Å². The van der Waals surface area contributed by atoms with Crippen LogP contribution in [-0.4, -0.2) is 21.3 Å². The summed E-state index contributed by atoms with van der Waals surface area (Å²) in [5, 5.41) is 9.02. The number of thioether (sulfide) groups is 1. The molecule has 92 valence electrons. The highest BCUT2D eigenvalue weighted by Gasteiger charge is 2.34. The standard InChI is InChI=1S/C12H14FNO2S/c1-7-5-6-10(11(13)14-7)17-9-4-2-3-8(9)12(15)16/h5-6,8-9H,2-4H2,1H3,(H,15,16). The van der Waals surface area contributed by atoms with Gasteiger partial charge in [0, 0.05) is 10.9 Å². The van der Waals surface area contributed by atoms with Crippen molar-refractivity contribution >= 4 is 17.7 Å². The van der Waals surface area contributed by atoms with Crippen molar-refractivity contribution in [1.82, 2.24) is 4.98 Å². The van der Waals surface area contributed by atoms with E-state index >= 15 is 0 Å². The summed E-state index contributed by atoms with van der Waals surface area (Å²) in [6.45, 7) is 1.73. The maximum atomic E-state index is 13.6. The molecule has 0 saturated heterocycles. The molecule has 17 heavy (non-hydrogen) atoms. The predicted octanol–water partition coefficient (Wildman–Crippen LogP) is 2.87. The summed E-state index contributed by atoms with van der Waals surface area (Å²) in [6, 6.07) is 3.43. The molecule has 3 nitrogen and oxygen atoms in total. The van der Waals surface area contributed by atoms with Gasteiger partial charge >= 0.3 is 5.97 Å². The summed E-state index contributed by atoms with van der Waals surface area (Å²) in [5.74, 6) is -1.63. The summed E-state index contributed by atoms with van der Waals surface area (Å²) in [5.41, 5.74) is 0.632. The van der Waals surface area contributed by atoms with Crippen LogP contribution in [-0.2, 0) is 4.79 Å². The lowest BCUT2D eigenvalue weighted by Crippen LogP contribution is -2.20. The third kappa shape index (κ3) is 2.77. The molecule has 1 aliphatic rings. The van der Waals surface area contributed by atoms with Crippen LogP contribution in [0.2, 0.25) is 0 Å². The maximum absolute atomic E-state index is 13.6. The maximum Gasteiger partial charge on any atom is 0.307 e. The Morgan fingerprint density at radius 3 is 2.94 bits per heavy atom. The molecule has 1 aromatic rings. The number of halogens is 1. The van der Waals surface area contributed by atoms with Crippen LogP contribution in [0.1, 0.15) is 25.0 Å². The minimum absolute atomic E-state index is 0.0356. The van der Waals surface area contributed by atoms with Crippen LogP contribution in [0.25, 0.3) is 0 Å². The Labute approximate surface area is 103 Å². The van der Waals surface area contributed by atoms with E-state index in [-0.39, 0.29) is 11.2 Å². The molecule has 1 saturated carbocycles. The molecule has 2 atom stereocenters. The zero-order valence-electron chi connectivity index (χ0n) is 9.52. The summed E-state index contributed by atoms with van der Waals surface area (Å²) < 4.78 is 13.6. The molecule has 1 heterocycles. The van der Waals surface area contributed by atoms with E-state index in [2.05, 4.69) is 4.98 Å². The first-order chi connectivity index (χ1) is 8.08. The average molecular weight is 255 g/mol. The van der Waals surface area contributed by atoms with E-state index < -0.39 is 11.9 Å². The van der Waals surface area contributed by atoms with Crippen LogP contribution < -0.4 is 0 Å². The normalized spacial score (nSPS) is 23.9. The zero-order valence-corrected chi connectivity index (χ0v) is 10.3. The fourth-order valence-corrected chi connectivity index (χ4v) is 3.43. The first kappa shape index (κ1) is 12.4. The second-order valence-electron chi connectivity index (χ2n) is 4.27. The quantitative estimate of drug-likeness (QED) is 0.844. The van der Waals surface area contributed by atoms with Gasteiger partial charge in [0.05, 0.1) is 10.8 Å². The lowest BCUT2D eigenvalue weighted by atomic mass is 10.1. The fourth-order valence-electron chi connectivity index (χ4n) is 2.11. The Kier molecular flexibility index (Phi) is 3.66. The van der Waals surface area contributed by atoms with Crippen LogP contribution in [0.5, 0.6) is 0 Å². The number of carbonyl (C=O) groups is 1. The second kappa shape index (κ2) is 5.04. The van der Waals surface area contributed by atoms with Crippen LogP contribution in [0.4, 0.5) is 4.39 Å². The van der Waals surface area contributed by atoms with Crippen molar-refractivity contribution in [3.05, 3.63) is 23.8 Å². The summed E-state index contributed by atoms with van der Waals surface area (Å²) >= 11 is 1.30. The Balaban J connectivity index is 2.12.